The molecule has 0 unspecified atom stereocenters. The maximum Gasteiger partial charge on any atom is 0.419 e. The van der Waals surface area contributed by atoms with Crippen molar-refractivity contribution in [2.75, 3.05) is 19.3 Å². The molecule has 0 aliphatic heterocycles. The van der Waals surface area contributed by atoms with Crippen molar-refractivity contribution in [3.63, 3.8) is 0 Å². The van der Waals surface area contributed by atoms with Crippen LogP contribution in [0.2, 0.25) is 0 Å². The first-order chi connectivity index (χ1) is 7.95. The molecule has 0 aromatic carbocycles. The first-order valence-electron chi connectivity index (χ1n) is 5.09. The summed E-state index contributed by atoms with van der Waals surface area (Å²) in [5.74, 6) is -0.495. The van der Waals surface area contributed by atoms with Gasteiger partial charge in [0.1, 0.15) is 5.82 Å². The lowest BCUT2D eigenvalue weighted by Gasteiger charge is -2.09. The zero-order valence-corrected chi connectivity index (χ0v) is 9.38. The largest absolute Gasteiger partial charge is 0.419 e. The molecule has 0 saturated heterocycles. The highest BCUT2D eigenvalue weighted by Gasteiger charge is 2.33. The quantitative estimate of drug-likeness (QED) is 0.800. The van der Waals surface area contributed by atoms with Gasteiger partial charge in [-0.15, -0.1) is 0 Å². The van der Waals surface area contributed by atoms with Gasteiger partial charge in [-0.3, -0.25) is 0 Å². The molecule has 1 aromatic rings. The predicted octanol–water partition coefficient (Wildman–Crippen LogP) is 2.31. The van der Waals surface area contributed by atoms with Crippen molar-refractivity contribution in [2.45, 2.75) is 12.6 Å². The molecule has 0 aliphatic carbocycles. The molecule has 1 aromatic heterocycles. The fourth-order valence-electron chi connectivity index (χ4n) is 1.26. The first-order valence-corrected chi connectivity index (χ1v) is 5.09. The number of nitrogens with zero attached hydrogens (tertiary/aromatic N) is 1. The second-order valence-corrected chi connectivity index (χ2v) is 3.49. The number of alkyl halides is 3. The maximum atomic E-state index is 12.5. The van der Waals surface area contributed by atoms with Gasteiger partial charge in [0, 0.05) is 6.20 Å². The van der Waals surface area contributed by atoms with E-state index in [9.17, 15) is 13.2 Å². The van der Waals surface area contributed by atoms with E-state index in [2.05, 4.69) is 10.3 Å². The van der Waals surface area contributed by atoms with Gasteiger partial charge in [0.15, 0.2) is 0 Å². The molecule has 0 bridgehead atoms. The Balaban J connectivity index is 2.86. The van der Waals surface area contributed by atoms with Crippen molar-refractivity contribution in [3.05, 3.63) is 29.5 Å². The zero-order valence-electron chi connectivity index (χ0n) is 9.38. The highest BCUT2D eigenvalue weighted by molar-refractivity contribution is 5.54. The fourth-order valence-corrected chi connectivity index (χ4v) is 1.26. The van der Waals surface area contributed by atoms with E-state index in [1.807, 2.05) is 0 Å². The van der Waals surface area contributed by atoms with Crippen LogP contribution in [-0.4, -0.2) is 18.6 Å². The Hall–Kier alpha value is -1.56. The van der Waals surface area contributed by atoms with Crippen LogP contribution < -0.4 is 11.1 Å². The van der Waals surface area contributed by atoms with Gasteiger partial charge in [0.2, 0.25) is 0 Å². The molecule has 94 valence electrons. The number of rotatable bonds is 4. The van der Waals surface area contributed by atoms with E-state index >= 15 is 0 Å². The normalized spacial score (nSPS) is 12.2. The van der Waals surface area contributed by atoms with Gasteiger partial charge in [0.05, 0.1) is 5.56 Å². The summed E-state index contributed by atoms with van der Waals surface area (Å²) in [6, 6.07) is 0.998. The average molecular weight is 245 g/mol. The second kappa shape index (κ2) is 5.67. The van der Waals surface area contributed by atoms with E-state index in [4.69, 9.17) is 5.73 Å². The summed E-state index contributed by atoms with van der Waals surface area (Å²) in [6.07, 6.45) is 0.970. The Bertz CT molecular complexity index is 399. The molecule has 0 fully saturated rings. The van der Waals surface area contributed by atoms with Crippen molar-refractivity contribution in [1.29, 1.82) is 0 Å². The third-order valence-corrected chi connectivity index (χ3v) is 2.12. The van der Waals surface area contributed by atoms with Crippen molar-refractivity contribution in [3.8, 4) is 0 Å². The van der Waals surface area contributed by atoms with E-state index in [1.165, 1.54) is 6.20 Å². The summed E-state index contributed by atoms with van der Waals surface area (Å²) >= 11 is 0. The molecule has 0 amide bonds. The number of hydrogen-bond acceptors (Lipinski definition) is 3. The van der Waals surface area contributed by atoms with Crippen LogP contribution in [0, 0.1) is 0 Å². The minimum absolute atomic E-state index is 0.391. The number of aromatic nitrogens is 1. The second-order valence-electron chi connectivity index (χ2n) is 3.49. The van der Waals surface area contributed by atoms with Crippen LogP contribution in [0.4, 0.5) is 19.0 Å². The first kappa shape index (κ1) is 13.5. The van der Waals surface area contributed by atoms with Crippen LogP contribution in [0.25, 0.3) is 6.08 Å². The summed E-state index contributed by atoms with van der Waals surface area (Å²) in [5, 5.41) is 2.93. The maximum absolute atomic E-state index is 12.5. The lowest BCUT2D eigenvalue weighted by Crippen LogP contribution is -2.10. The topological polar surface area (TPSA) is 50.9 Å². The minimum Gasteiger partial charge on any atom is -0.383 e. The van der Waals surface area contributed by atoms with Gasteiger partial charge < -0.3 is 11.1 Å². The van der Waals surface area contributed by atoms with Gasteiger partial charge in [-0.25, -0.2) is 4.98 Å². The van der Waals surface area contributed by atoms with E-state index in [0.717, 1.165) is 19.0 Å². The molecule has 3 N–H and O–H groups in total. The molecule has 1 heterocycles. The summed E-state index contributed by atoms with van der Waals surface area (Å²) in [4.78, 5) is 3.54. The molecule has 3 nitrogen and oxygen atoms in total. The van der Waals surface area contributed by atoms with Crippen molar-refractivity contribution < 1.29 is 13.2 Å². The molecular weight excluding hydrogens is 231 g/mol. The molecule has 17 heavy (non-hydrogen) atoms. The van der Waals surface area contributed by atoms with Gasteiger partial charge in [-0.1, -0.05) is 12.2 Å². The van der Waals surface area contributed by atoms with Crippen LogP contribution in [0.5, 0.6) is 0 Å². The number of pyridine rings is 1. The molecule has 1 rings (SSSR count). The van der Waals surface area contributed by atoms with E-state index in [-0.39, 0.29) is 0 Å². The van der Waals surface area contributed by atoms with E-state index in [0.29, 0.717) is 5.56 Å². The Morgan fingerprint density at radius 1 is 1.47 bits per heavy atom. The number of nitrogen functional groups attached to an aromatic ring is 1. The van der Waals surface area contributed by atoms with Crippen LogP contribution in [0.3, 0.4) is 0 Å². The molecule has 0 saturated carbocycles. The minimum atomic E-state index is -4.47. The van der Waals surface area contributed by atoms with E-state index in [1.54, 1.807) is 19.2 Å². The summed E-state index contributed by atoms with van der Waals surface area (Å²) in [5.41, 5.74) is 4.68. The third-order valence-electron chi connectivity index (χ3n) is 2.12. The lowest BCUT2D eigenvalue weighted by atomic mass is 10.1. The predicted molar refractivity (Wildman–Crippen MR) is 61.2 cm³/mol. The number of hydrogen-bond donors (Lipinski definition) is 2. The Morgan fingerprint density at radius 3 is 2.76 bits per heavy atom. The van der Waals surface area contributed by atoms with Crippen molar-refractivity contribution in [1.82, 2.24) is 10.3 Å². The lowest BCUT2D eigenvalue weighted by molar-refractivity contribution is -0.137. The Kier molecular flexibility index (Phi) is 4.51. The molecule has 0 spiro atoms. The Labute approximate surface area is 97.5 Å². The van der Waals surface area contributed by atoms with E-state index < -0.39 is 17.6 Å². The van der Waals surface area contributed by atoms with Crippen LogP contribution in [0.15, 0.2) is 18.3 Å². The SMILES string of the molecule is CNCCC=Cc1cnc(N)c(C(F)(F)F)c1. The number of nitrogens with one attached hydrogen (secondary N) is 1. The van der Waals surface area contributed by atoms with Crippen LogP contribution in [-0.2, 0) is 6.18 Å². The monoisotopic (exact) mass is 245 g/mol. The summed E-state index contributed by atoms with van der Waals surface area (Å²) < 4.78 is 37.6. The van der Waals surface area contributed by atoms with Gasteiger partial charge in [-0.2, -0.15) is 13.2 Å². The van der Waals surface area contributed by atoms with Gasteiger partial charge >= 0.3 is 6.18 Å². The fraction of sp³-hybridized carbons (Fsp3) is 0.364. The Morgan fingerprint density at radius 2 is 2.18 bits per heavy atom. The number of nitrogens with two attached hydrogens (primary N) is 1. The molecule has 6 heteroatoms. The standard InChI is InChI=1S/C11H14F3N3/c1-16-5-3-2-4-8-6-9(11(12,13)14)10(15)17-7-8/h2,4,6-7,16H,3,5H2,1H3,(H2,15,17). The van der Waals surface area contributed by atoms with Gasteiger partial charge in [-0.05, 0) is 31.6 Å². The average Bonchev–Trinajstić information content (AvgIpc) is 2.25. The third kappa shape index (κ3) is 4.07. The highest BCUT2D eigenvalue weighted by atomic mass is 19.4. The van der Waals surface area contributed by atoms with Crippen molar-refractivity contribution >= 4 is 11.9 Å². The number of anilines is 1. The smallest absolute Gasteiger partial charge is 0.383 e. The van der Waals surface area contributed by atoms with Crippen LogP contribution in [0.1, 0.15) is 17.5 Å². The molecule has 0 atom stereocenters. The van der Waals surface area contributed by atoms with Gasteiger partial charge in [0.25, 0.3) is 0 Å². The van der Waals surface area contributed by atoms with Crippen LogP contribution >= 0.6 is 0 Å². The summed E-state index contributed by atoms with van der Waals surface area (Å²) in [7, 11) is 1.81. The molecule has 0 aliphatic rings. The molecular formula is C11H14F3N3. The summed E-state index contributed by atoms with van der Waals surface area (Å²) in [6.45, 7) is 0.769. The van der Waals surface area contributed by atoms with Crippen molar-refractivity contribution in [2.24, 2.45) is 0 Å². The highest BCUT2D eigenvalue weighted by Crippen LogP contribution is 2.33. The number of halogens is 3. The zero-order chi connectivity index (χ0) is 12.9. The molecule has 0 radical (unpaired) electrons.